The number of hydrogen-bond donors (Lipinski definition) is 2. The van der Waals surface area contributed by atoms with Crippen LogP contribution in [-0.4, -0.2) is 22.1 Å². The van der Waals surface area contributed by atoms with E-state index >= 15 is 0 Å². The summed E-state index contributed by atoms with van der Waals surface area (Å²) >= 11 is 0. The van der Waals surface area contributed by atoms with Crippen LogP contribution in [0.2, 0.25) is 0 Å². The maximum absolute atomic E-state index is 5.35. The molecule has 0 radical (unpaired) electrons. The SMILES string of the molecule is COc1ccc(-c2nc(-c3ccc(-c4ccccc4)cc3)[nH]c2-c2c[nH]c3ccccc23)cc1. The van der Waals surface area contributed by atoms with Gasteiger partial charge in [0.25, 0.3) is 0 Å². The maximum atomic E-state index is 5.35. The zero-order valence-corrected chi connectivity index (χ0v) is 18.7. The van der Waals surface area contributed by atoms with E-state index in [1.165, 1.54) is 11.1 Å². The molecule has 0 saturated carbocycles. The number of para-hydroxylation sites is 1. The van der Waals surface area contributed by atoms with Crippen LogP contribution in [0.5, 0.6) is 5.75 Å². The molecule has 4 aromatic carbocycles. The summed E-state index contributed by atoms with van der Waals surface area (Å²) in [6, 6.07) is 35.3. The van der Waals surface area contributed by atoms with Gasteiger partial charge in [-0.2, -0.15) is 0 Å². The summed E-state index contributed by atoms with van der Waals surface area (Å²) in [6.45, 7) is 0. The lowest BCUT2D eigenvalue weighted by molar-refractivity contribution is 0.415. The van der Waals surface area contributed by atoms with Crippen molar-refractivity contribution in [2.75, 3.05) is 7.11 Å². The molecule has 0 bridgehead atoms. The minimum Gasteiger partial charge on any atom is -0.497 e. The summed E-state index contributed by atoms with van der Waals surface area (Å²) in [5.74, 6) is 1.66. The third kappa shape index (κ3) is 3.55. The molecular formula is C30H23N3O. The highest BCUT2D eigenvalue weighted by Crippen LogP contribution is 2.37. The van der Waals surface area contributed by atoms with Crippen LogP contribution in [0.1, 0.15) is 0 Å². The summed E-state index contributed by atoms with van der Waals surface area (Å²) in [6.07, 6.45) is 2.05. The van der Waals surface area contributed by atoms with Crippen LogP contribution in [0.4, 0.5) is 0 Å². The molecule has 34 heavy (non-hydrogen) atoms. The first-order valence-electron chi connectivity index (χ1n) is 11.3. The molecule has 0 fully saturated rings. The lowest BCUT2D eigenvalue weighted by Gasteiger charge is -2.04. The van der Waals surface area contributed by atoms with Crippen molar-refractivity contribution >= 4 is 10.9 Å². The zero-order valence-electron chi connectivity index (χ0n) is 18.7. The Morgan fingerprint density at radius 1 is 0.647 bits per heavy atom. The van der Waals surface area contributed by atoms with Crippen LogP contribution >= 0.6 is 0 Å². The van der Waals surface area contributed by atoms with Crippen molar-refractivity contribution in [1.82, 2.24) is 15.0 Å². The molecule has 0 amide bonds. The van der Waals surface area contributed by atoms with Gasteiger partial charge in [-0.15, -0.1) is 0 Å². The number of rotatable bonds is 5. The van der Waals surface area contributed by atoms with Gasteiger partial charge in [-0.05, 0) is 41.5 Å². The summed E-state index contributed by atoms with van der Waals surface area (Å²) in [5, 5.41) is 1.16. The molecule has 0 unspecified atom stereocenters. The van der Waals surface area contributed by atoms with E-state index < -0.39 is 0 Å². The Morgan fingerprint density at radius 2 is 1.29 bits per heavy atom. The van der Waals surface area contributed by atoms with Gasteiger partial charge in [-0.1, -0.05) is 72.8 Å². The first-order valence-corrected chi connectivity index (χ1v) is 11.3. The van der Waals surface area contributed by atoms with Crippen molar-refractivity contribution in [1.29, 1.82) is 0 Å². The summed E-state index contributed by atoms with van der Waals surface area (Å²) in [7, 11) is 1.68. The van der Waals surface area contributed by atoms with E-state index in [9.17, 15) is 0 Å². The number of H-pyrrole nitrogens is 2. The molecule has 6 rings (SSSR count). The molecule has 0 spiro atoms. The van der Waals surface area contributed by atoms with Crippen molar-refractivity contribution in [2.24, 2.45) is 0 Å². The number of methoxy groups -OCH3 is 1. The van der Waals surface area contributed by atoms with Gasteiger partial charge in [-0.3, -0.25) is 0 Å². The first-order chi connectivity index (χ1) is 16.8. The first kappa shape index (κ1) is 20.1. The molecule has 0 aliphatic heterocycles. The fourth-order valence-corrected chi connectivity index (χ4v) is 4.39. The summed E-state index contributed by atoms with van der Waals surface area (Å²) in [5.41, 5.74) is 8.56. The Labute approximate surface area is 197 Å². The normalized spacial score (nSPS) is 11.1. The minimum absolute atomic E-state index is 0.824. The molecule has 2 heterocycles. The molecule has 0 atom stereocenters. The van der Waals surface area contributed by atoms with E-state index in [0.29, 0.717) is 0 Å². The van der Waals surface area contributed by atoms with Gasteiger partial charge in [0.05, 0.1) is 18.5 Å². The average Bonchev–Trinajstić information content (AvgIpc) is 3.54. The van der Waals surface area contributed by atoms with Crippen molar-refractivity contribution in [3.05, 3.63) is 109 Å². The number of imidazole rings is 1. The third-order valence-corrected chi connectivity index (χ3v) is 6.19. The van der Waals surface area contributed by atoms with E-state index in [2.05, 4.69) is 88.8 Å². The lowest BCUT2D eigenvalue weighted by Crippen LogP contribution is -1.85. The zero-order chi connectivity index (χ0) is 22.9. The number of hydrogen-bond acceptors (Lipinski definition) is 2. The smallest absolute Gasteiger partial charge is 0.138 e. The molecule has 2 N–H and O–H groups in total. The molecule has 164 valence electrons. The van der Waals surface area contributed by atoms with Crippen molar-refractivity contribution < 1.29 is 4.74 Å². The van der Waals surface area contributed by atoms with Crippen LogP contribution < -0.4 is 4.74 Å². The Bertz CT molecular complexity index is 1560. The molecule has 0 aliphatic rings. The van der Waals surface area contributed by atoms with Gasteiger partial charge in [0.1, 0.15) is 11.6 Å². The maximum Gasteiger partial charge on any atom is 0.138 e. The Balaban J connectivity index is 1.47. The largest absolute Gasteiger partial charge is 0.497 e. The highest BCUT2D eigenvalue weighted by Gasteiger charge is 2.18. The van der Waals surface area contributed by atoms with E-state index in [4.69, 9.17) is 9.72 Å². The predicted molar refractivity (Wildman–Crippen MR) is 139 cm³/mol. The van der Waals surface area contributed by atoms with Gasteiger partial charge >= 0.3 is 0 Å². The van der Waals surface area contributed by atoms with Crippen LogP contribution in [0.25, 0.3) is 55.9 Å². The fourth-order valence-electron chi connectivity index (χ4n) is 4.39. The van der Waals surface area contributed by atoms with E-state index in [0.717, 1.165) is 50.6 Å². The van der Waals surface area contributed by atoms with Gasteiger partial charge in [-0.25, -0.2) is 4.98 Å². The number of benzene rings is 4. The second kappa shape index (κ2) is 8.41. The Morgan fingerprint density at radius 3 is 2.06 bits per heavy atom. The van der Waals surface area contributed by atoms with Gasteiger partial charge in [0.15, 0.2) is 0 Å². The molecular weight excluding hydrogens is 418 g/mol. The number of ether oxygens (including phenoxy) is 1. The van der Waals surface area contributed by atoms with Crippen molar-refractivity contribution in [3.63, 3.8) is 0 Å². The van der Waals surface area contributed by atoms with E-state index in [1.54, 1.807) is 7.11 Å². The Hall–Kier alpha value is -4.57. The molecule has 0 saturated heterocycles. The molecule has 2 aromatic heterocycles. The summed E-state index contributed by atoms with van der Waals surface area (Å²) in [4.78, 5) is 12.1. The number of fused-ring (bicyclic) bond motifs is 1. The fraction of sp³-hybridized carbons (Fsp3) is 0.0333. The van der Waals surface area contributed by atoms with Crippen molar-refractivity contribution in [3.8, 4) is 50.8 Å². The van der Waals surface area contributed by atoms with E-state index in [-0.39, 0.29) is 0 Å². The number of aromatic nitrogens is 3. The molecule has 6 aromatic rings. The number of nitrogens with one attached hydrogen (secondary N) is 2. The highest BCUT2D eigenvalue weighted by atomic mass is 16.5. The average molecular weight is 442 g/mol. The molecule has 4 heteroatoms. The molecule has 4 nitrogen and oxygen atoms in total. The molecule has 0 aliphatic carbocycles. The Kier molecular flexibility index (Phi) is 4.96. The topological polar surface area (TPSA) is 53.7 Å². The van der Waals surface area contributed by atoms with Gasteiger partial charge in [0.2, 0.25) is 0 Å². The predicted octanol–water partition coefficient (Wildman–Crippen LogP) is 7.57. The third-order valence-electron chi connectivity index (χ3n) is 6.19. The van der Waals surface area contributed by atoms with Crippen LogP contribution in [0.15, 0.2) is 109 Å². The second-order valence-electron chi connectivity index (χ2n) is 8.23. The quantitative estimate of drug-likeness (QED) is 0.290. The van der Waals surface area contributed by atoms with Crippen LogP contribution in [0.3, 0.4) is 0 Å². The van der Waals surface area contributed by atoms with Crippen LogP contribution in [-0.2, 0) is 0 Å². The van der Waals surface area contributed by atoms with Gasteiger partial charge in [0, 0.05) is 33.8 Å². The lowest BCUT2D eigenvalue weighted by atomic mass is 10.0. The minimum atomic E-state index is 0.824. The monoisotopic (exact) mass is 441 g/mol. The van der Waals surface area contributed by atoms with Crippen molar-refractivity contribution in [2.45, 2.75) is 0 Å². The van der Waals surface area contributed by atoms with Gasteiger partial charge < -0.3 is 14.7 Å². The number of nitrogens with zero attached hydrogens (tertiary/aromatic N) is 1. The second-order valence-corrected chi connectivity index (χ2v) is 8.23. The van der Waals surface area contributed by atoms with E-state index in [1.807, 2.05) is 30.5 Å². The highest BCUT2D eigenvalue weighted by molar-refractivity contribution is 5.98. The summed E-state index contributed by atoms with van der Waals surface area (Å²) < 4.78 is 5.35. The number of aromatic amines is 2. The van der Waals surface area contributed by atoms with Crippen LogP contribution in [0, 0.1) is 0 Å². The standard InChI is InChI=1S/C30H23N3O/c1-34-24-17-15-22(16-18-24)28-29(26-19-31-27-10-6-5-9-25(26)27)33-30(32-28)23-13-11-21(12-14-23)20-7-3-2-4-8-20/h2-19,31H,1H3,(H,32,33).